The first-order valence-corrected chi connectivity index (χ1v) is 6.77. The molecule has 22 heavy (non-hydrogen) atoms. The van der Waals surface area contributed by atoms with E-state index in [1.54, 1.807) is 51.7 Å². The van der Waals surface area contributed by atoms with E-state index >= 15 is 0 Å². The topological polar surface area (TPSA) is 56.8 Å². The van der Waals surface area contributed by atoms with Crippen molar-refractivity contribution < 1.29 is 19.0 Å². The summed E-state index contributed by atoms with van der Waals surface area (Å²) >= 11 is 0. The smallest absolute Gasteiger partial charge is 0.255 e. The number of amides is 1. The summed E-state index contributed by atoms with van der Waals surface area (Å²) in [5.41, 5.74) is 2.13. The standard InChI is InChI=1S/C17H19NO4/c1-11-5-6-12(9-15(11)21-3)17(19)18-13-7-8-14(20-2)16(10-13)22-4/h5-10H,1-4H3,(H,18,19). The summed E-state index contributed by atoms with van der Waals surface area (Å²) in [6, 6.07) is 10.5. The molecule has 0 unspecified atom stereocenters. The second kappa shape index (κ2) is 6.85. The SMILES string of the molecule is COc1cc(C(=O)Nc2ccc(OC)c(OC)c2)ccc1C. The van der Waals surface area contributed by atoms with Gasteiger partial charge in [0.25, 0.3) is 5.91 Å². The van der Waals surface area contributed by atoms with Crippen molar-refractivity contribution in [1.82, 2.24) is 0 Å². The molecule has 2 aromatic carbocycles. The highest BCUT2D eigenvalue weighted by Gasteiger charge is 2.11. The highest BCUT2D eigenvalue weighted by atomic mass is 16.5. The van der Waals surface area contributed by atoms with E-state index in [2.05, 4.69) is 5.32 Å². The van der Waals surface area contributed by atoms with Crippen LogP contribution in [-0.2, 0) is 0 Å². The Balaban J connectivity index is 2.21. The van der Waals surface area contributed by atoms with Crippen LogP contribution in [-0.4, -0.2) is 27.2 Å². The monoisotopic (exact) mass is 301 g/mol. The number of benzene rings is 2. The van der Waals surface area contributed by atoms with Gasteiger partial charge in [-0.2, -0.15) is 0 Å². The molecule has 0 saturated heterocycles. The Morgan fingerprint density at radius 1 is 0.864 bits per heavy atom. The van der Waals surface area contributed by atoms with E-state index in [1.807, 2.05) is 13.0 Å². The third-order valence-electron chi connectivity index (χ3n) is 3.31. The van der Waals surface area contributed by atoms with E-state index in [1.165, 1.54) is 0 Å². The van der Waals surface area contributed by atoms with E-state index in [0.717, 1.165) is 5.56 Å². The summed E-state index contributed by atoms with van der Waals surface area (Å²) in [7, 11) is 4.70. The molecular weight excluding hydrogens is 282 g/mol. The molecule has 1 N–H and O–H groups in total. The van der Waals surface area contributed by atoms with Gasteiger partial charge in [-0.05, 0) is 36.8 Å². The van der Waals surface area contributed by atoms with Crippen LogP contribution >= 0.6 is 0 Å². The van der Waals surface area contributed by atoms with Crippen molar-refractivity contribution >= 4 is 11.6 Å². The minimum absolute atomic E-state index is 0.217. The second-order valence-corrected chi connectivity index (χ2v) is 4.71. The predicted molar refractivity (Wildman–Crippen MR) is 85.2 cm³/mol. The first-order valence-electron chi connectivity index (χ1n) is 6.77. The lowest BCUT2D eigenvalue weighted by molar-refractivity contribution is 0.102. The van der Waals surface area contributed by atoms with Crippen molar-refractivity contribution in [2.45, 2.75) is 6.92 Å². The number of anilines is 1. The average molecular weight is 301 g/mol. The molecule has 0 heterocycles. The number of aryl methyl sites for hydroxylation is 1. The first kappa shape index (κ1) is 15.7. The number of hydrogen-bond donors (Lipinski definition) is 1. The Hall–Kier alpha value is -2.69. The Bertz CT molecular complexity index is 682. The number of ether oxygens (including phenoxy) is 3. The molecule has 0 radical (unpaired) electrons. The van der Waals surface area contributed by atoms with Gasteiger partial charge < -0.3 is 19.5 Å². The minimum Gasteiger partial charge on any atom is -0.496 e. The molecule has 0 aliphatic heterocycles. The zero-order valence-electron chi connectivity index (χ0n) is 13.1. The summed E-state index contributed by atoms with van der Waals surface area (Å²) in [4.78, 5) is 12.3. The van der Waals surface area contributed by atoms with Gasteiger partial charge in [-0.1, -0.05) is 6.07 Å². The maximum atomic E-state index is 12.3. The van der Waals surface area contributed by atoms with Crippen LogP contribution < -0.4 is 19.5 Å². The Labute approximate surface area is 129 Å². The minimum atomic E-state index is -0.217. The Morgan fingerprint density at radius 2 is 1.55 bits per heavy atom. The lowest BCUT2D eigenvalue weighted by atomic mass is 10.1. The summed E-state index contributed by atoms with van der Waals surface area (Å²) in [6.07, 6.45) is 0. The van der Waals surface area contributed by atoms with Crippen LogP contribution in [0.1, 0.15) is 15.9 Å². The molecule has 0 aliphatic carbocycles. The normalized spacial score (nSPS) is 10.0. The van der Waals surface area contributed by atoms with Crippen molar-refractivity contribution in [2.75, 3.05) is 26.6 Å². The van der Waals surface area contributed by atoms with Gasteiger partial charge in [-0.15, -0.1) is 0 Å². The van der Waals surface area contributed by atoms with Crippen molar-refractivity contribution in [2.24, 2.45) is 0 Å². The summed E-state index contributed by atoms with van der Waals surface area (Å²) in [5, 5.41) is 2.82. The number of carbonyl (C=O) groups excluding carboxylic acids is 1. The average Bonchev–Trinajstić information content (AvgIpc) is 2.55. The van der Waals surface area contributed by atoms with Gasteiger partial charge >= 0.3 is 0 Å². The summed E-state index contributed by atoms with van der Waals surface area (Å²) < 4.78 is 15.6. The van der Waals surface area contributed by atoms with Crippen LogP contribution in [0.15, 0.2) is 36.4 Å². The number of rotatable bonds is 5. The molecule has 2 rings (SSSR count). The van der Waals surface area contributed by atoms with Gasteiger partial charge in [0.15, 0.2) is 11.5 Å². The van der Waals surface area contributed by atoms with Gasteiger partial charge in [0.2, 0.25) is 0 Å². The van der Waals surface area contributed by atoms with Crippen molar-refractivity contribution in [3.63, 3.8) is 0 Å². The molecule has 0 aromatic heterocycles. The highest BCUT2D eigenvalue weighted by molar-refractivity contribution is 6.04. The molecule has 0 bridgehead atoms. The van der Waals surface area contributed by atoms with E-state index in [-0.39, 0.29) is 5.91 Å². The summed E-state index contributed by atoms with van der Waals surface area (Å²) in [6.45, 7) is 1.93. The number of carbonyl (C=O) groups is 1. The lowest BCUT2D eigenvalue weighted by Gasteiger charge is -2.11. The lowest BCUT2D eigenvalue weighted by Crippen LogP contribution is -2.12. The first-order chi connectivity index (χ1) is 10.6. The van der Waals surface area contributed by atoms with E-state index in [9.17, 15) is 4.79 Å². The molecular formula is C17H19NO4. The molecule has 116 valence electrons. The molecule has 0 spiro atoms. The quantitative estimate of drug-likeness (QED) is 0.921. The molecule has 1 amide bonds. The molecule has 0 fully saturated rings. The van der Waals surface area contributed by atoms with E-state index in [0.29, 0.717) is 28.5 Å². The second-order valence-electron chi connectivity index (χ2n) is 4.71. The van der Waals surface area contributed by atoms with E-state index < -0.39 is 0 Å². The van der Waals surface area contributed by atoms with Gasteiger partial charge in [0, 0.05) is 17.3 Å². The van der Waals surface area contributed by atoms with Crippen LogP contribution in [0.25, 0.3) is 0 Å². The van der Waals surface area contributed by atoms with Gasteiger partial charge in [0.05, 0.1) is 21.3 Å². The number of hydrogen-bond acceptors (Lipinski definition) is 4. The largest absolute Gasteiger partial charge is 0.496 e. The number of nitrogens with one attached hydrogen (secondary N) is 1. The molecule has 5 nitrogen and oxygen atoms in total. The maximum Gasteiger partial charge on any atom is 0.255 e. The van der Waals surface area contributed by atoms with Gasteiger partial charge in [-0.25, -0.2) is 0 Å². The van der Waals surface area contributed by atoms with Crippen LogP contribution in [0.4, 0.5) is 5.69 Å². The molecule has 5 heteroatoms. The fraction of sp³-hybridized carbons (Fsp3) is 0.235. The maximum absolute atomic E-state index is 12.3. The third kappa shape index (κ3) is 3.31. The summed E-state index contributed by atoms with van der Waals surface area (Å²) in [5.74, 6) is 1.63. The van der Waals surface area contributed by atoms with Crippen molar-refractivity contribution in [3.8, 4) is 17.2 Å². The van der Waals surface area contributed by atoms with Crippen LogP contribution in [0.2, 0.25) is 0 Å². The zero-order chi connectivity index (χ0) is 16.1. The molecule has 2 aromatic rings. The molecule has 0 aliphatic rings. The fourth-order valence-corrected chi connectivity index (χ4v) is 2.08. The predicted octanol–water partition coefficient (Wildman–Crippen LogP) is 3.27. The fourth-order valence-electron chi connectivity index (χ4n) is 2.08. The third-order valence-corrected chi connectivity index (χ3v) is 3.31. The molecule has 0 saturated carbocycles. The Kier molecular flexibility index (Phi) is 4.88. The van der Waals surface area contributed by atoms with E-state index in [4.69, 9.17) is 14.2 Å². The zero-order valence-corrected chi connectivity index (χ0v) is 13.1. The van der Waals surface area contributed by atoms with Crippen molar-refractivity contribution in [1.29, 1.82) is 0 Å². The Morgan fingerprint density at radius 3 is 2.18 bits per heavy atom. The van der Waals surface area contributed by atoms with Crippen LogP contribution in [0.5, 0.6) is 17.2 Å². The van der Waals surface area contributed by atoms with Gasteiger partial charge in [0.1, 0.15) is 5.75 Å². The van der Waals surface area contributed by atoms with Gasteiger partial charge in [-0.3, -0.25) is 4.79 Å². The highest BCUT2D eigenvalue weighted by Crippen LogP contribution is 2.30. The van der Waals surface area contributed by atoms with Crippen LogP contribution in [0, 0.1) is 6.92 Å². The van der Waals surface area contributed by atoms with Crippen molar-refractivity contribution in [3.05, 3.63) is 47.5 Å². The van der Waals surface area contributed by atoms with Crippen LogP contribution in [0.3, 0.4) is 0 Å². The number of methoxy groups -OCH3 is 3. The molecule has 0 atom stereocenters.